The highest BCUT2D eigenvalue weighted by atomic mass is 32.1. The molecule has 1 unspecified atom stereocenters. The Morgan fingerprint density at radius 3 is 2.90 bits per heavy atom. The van der Waals surface area contributed by atoms with Gasteiger partial charge in [0.1, 0.15) is 18.2 Å². The number of anilines is 3. The van der Waals surface area contributed by atoms with Gasteiger partial charge in [-0.25, -0.2) is 4.98 Å². The van der Waals surface area contributed by atoms with Crippen LogP contribution in [0.25, 0.3) is 0 Å². The molecule has 1 atom stereocenters. The second-order valence-corrected chi connectivity index (χ2v) is 5.69. The molecule has 1 aliphatic rings. The molecule has 4 N–H and O–H groups in total. The van der Waals surface area contributed by atoms with Crippen LogP contribution in [0.4, 0.5) is 16.6 Å². The number of benzene rings is 1. The van der Waals surface area contributed by atoms with Crippen LogP contribution in [0.15, 0.2) is 29.6 Å². The van der Waals surface area contributed by atoms with Crippen molar-refractivity contribution in [2.45, 2.75) is 18.9 Å². The molecule has 1 aromatic heterocycles. The number of hydrogen-bond donors (Lipinski definition) is 3. The Morgan fingerprint density at radius 1 is 1.40 bits per heavy atom. The molecule has 5 nitrogen and oxygen atoms in total. The minimum atomic E-state index is 0.492. The van der Waals surface area contributed by atoms with E-state index in [-0.39, 0.29) is 0 Å². The number of nitrogens with two attached hydrogens (primary N) is 1. The Labute approximate surface area is 122 Å². The highest BCUT2D eigenvalue weighted by molar-refractivity contribution is 7.14. The molecule has 0 saturated carbocycles. The molecule has 0 spiro atoms. The van der Waals surface area contributed by atoms with E-state index in [1.807, 2.05) is 29.6 Å². The molecule has 0 radical (unpaired) electrons. The standard InChI is InChI=1S/C14H18N4OS/c15-13-9-20-14(18-13)17-10-3-5-12(6-4-10)19-8-11-2-1-7-16-11/h3-6,9,11,16H,1-2,7-8,15H2,(H,17,18). The molecule has 2 aromatic rings. The summed E-state index contributed by atoms with van der Waals surface area (Å²) >= 11 is 1.49. The second kappa shape index (κ2) is 6.11. The molecule has 3 rings (SSSR count). The van der Waals surface area contributed by atoms with Crippen LogP contribution in [-0.2, 0) is 0 Å². The number of aromatic nitrogens is 1. The van der Waals surface area contributed by atoms with Crippen LogP contribution >= 0.6 is 11.3 Å². The molecule has 0 bridgehead atoms. The molecule has 1 saturated heterocycles. The minimum Gasteiger partial charge on any atom is -0.492 e. The fraction of sp³-hybridized carbons (Fsp3) is 0.357. The van der Waals surface area contributed by atoms with Crippen LogP contribution in [-0.4, -0.2) is 24.2 Å². The van der Waals surface area contributed by atoms with Crippen molar-refractivity contribution in [3.05, 3.63) is 29.6 Å². The SMILES string of the molecule is Nc1csc(Nc2ccc(OCC3CCCN3)cc2)n1. The van der Waals surface area contributed by atoms with Crippen molar-refractivity contribution in [2.24, 2.45) is 0 Å². The normalized spacial score (nSPS) is 18.1. The zero-order valence-corrected chi connectivity index (χ0v) is 12.0. The molecular weight excluding hydrogens is 272 g/mol. The number of nitrogens with zero attached hydrogens (tertiary/aromatic N) is 1. The van der Waals surface area contributed by atoms with E-state index in [2.05, 4.69) is 15.6 Å². The third-order valence-electron chi connectivity index (χ3n) is 3.24. The van der Waals surface area contributed by atoms with E-state index >= 15 is 0 Å². The Bertz CT molecular complexity index is 549. The molecule has 1 aromatic carbocycles. The molecule has 1 aliphatic heterocycles. The predicted octanol–water partition coefficient (Wildman–Crippen LogP) is 2.60. The van der Waals surface area contributed by atoms with Crippen molar-refractivity contribution < 1.29 is 4.74 Å². The van der Waals surface area contributed by atoms with Crippen LogP contribution in [0.2, 0.25) is 0 Å². The first-order chi connectivity index (χ1) is 9.79. The van der Waals surface area contributed by atoms with Crippen molar-refractivity contribution in [1.29, 1.82) is 0 Å². The van der Waals surface area contributed by atoms with E-state index in [1.54, 1.807) is 0 Å². The van der Waals surface area contributed by atoms with Gasteiger partial charge in [0, 0.05) is 17.1 Å². The number of thiazole rings is 1. The van der Waals surface area contributed by atoms with Gasteiger partial charge >= 0.3 is 0 Å². The maximum Gasteiger partial charge on any atom is 0.189 e. The van der Waals surface area contributed by atoms with E-state index in [9.17, 15) is 0 Å². The van der Waals surface area contributed by atoms with Crippen LogP contribution in [0.5, 0.6) is 5.75 Å². The maximum absolute atomic E-state index is 5.78. The smallest absolute Gasteiger partial charge is 0.189 e. The van der Waals surface area contributed by atoms with Gasteiger partial charge in [-0.1, -0.05) is 0 Å². The monoisotopic (exact) mass is 290 g/mol. The highest BCUT2D eigenvalue weighted by Crippen LogP contribution is 2.23. The van der Waals surface area contributed by atoms with Crippen molar-refractivity contribution in [2.75, 3.05) is 24.2 Å². The van der Waals surface area contributed by atoms with Gasteiger partial charge in [0.15, 0.2) is 5.13 Å². The predicted molar refractivity (Wildman–Crippen MR) is 82.8 cm³/mol. The molecule has 2 heterocycles. The largest absolute Gasteiger partial charge is 0.492 e. The molecule has 20 heavy (non-hydrogen) atoms. The summed E-state index contributed by atoms with van der Waals surface area (Å²) in [4.78, 5) is 4.16. The van der Waals surface area contributed by atoms with E-state index in [0.717, 1.165) is 29.7 Å². The molecule has 106 valence electrons. The average Bonchev–Trinajstić information content (AvgIpc) is 3.10. The zero-order valence-electron chi connectivity index (χ0n) is 11.1. The van der Waals surface area contributed by atoms with Gasteiger partial charge in [-0.05, 0) is 43.7 Å². The van der Waals surface area contributed by atoms with E-state index in [4.69, 9.17) is 10.5 Å². The Hall–Kier alpha value is -1.79. The van der Waals surface area contributed by atoms with Crippen molar-refractivity contribution >= 4 is 28.0 Å². The molecule has 0 amide bonds. The fourth-order valence-electron chi connectivity index (χ4n) is 2.20. The average molecular weight is 290 g/mol. The van der Waals surface area contributed by atoms with Crippen LogP contribution in [0.1, 0.15) is 12.8 Å². The first-order valence-electron chi connectivity index (χ1n) is 6.74. The van der Waals surface area contributed by atoms with Crippen LogP contribution in [0.3, 0.4) is 0 Å². The summed E-state index contributed by atoms with van der Waals surface area (Å²) in [7, 11) is 0. The first kappa shape index (κ1) is 13.2. The van der Waals surface area contributed by atoms with Gasteiger partial charge < -0.3 is 21.1 Å². The number of hydrogen-bond acceptors (Lipinski definition) is 6. The summed E-state index contributed by atoms with van der Waals surface area (Å²) < 4.78 is 5.78. The van der Waals surface area contributed by atoms with Crippen LogP contribution in [0, 0.1) is 0 Å². The zero-order chi connectivity index (χ0) is 13.8. The lowest BCUT2D eigenvalue weighted by Gasteiger charge is -2.12. The number of nitrogen functional groups attached to an aromatic ring is 1. The van der Waals surface area contributed by atoms with E-state index in [1.165, 1.54) is 24.2 Å². The second-order valence-electron chi connectivity index (χ2n) is 4.83. The number of ether oxygens (including phenoxy) is 1. The lowest BCUT2D eigenvalue weighted by Crippen LogP contribution is -2.28. The Morgan fingerprint density at radius 2 is 2.25 bits per heavy atom. The quantitative estimate of drug-likeness (QED) is 0.789. The molecule has 6 heteroatoms. The third-order valence-corrected chi connectivity index (χ3v) is 4.02. The fourth-order valence-corrected chi connectivity index (χ4v) is 2.82. The molecular formula is C14H18N4OS. The molecule has 0 aliphatic carbocycles. The summed E-state index contributed by atoms with van der Waals surface area (Å²) in [6, 6.07) is 8.39. The Balaban J connectivity index is 1.54. The van der Waals surface area contributed by atoms with Gasteiger partial charge in [0.25, 0.3) is 0 Å². The number of rotatable bonds is 5. The highest BCUT2D eigenvalue weighted by Gasteiger charge is 2.14. The summed E-state index contributed by atoms with van der Waals surface area (Å²) in [5, 5.41) is 9.24. The minimum absolute atomic E-state index is 0.492. The van der Waals surface area contributed by atoms with Crippen molar-refractivity contribution in [3.8, 4) is 5.75 Å². The topological polar surface area (TPSA) is 72.2 Å². The van der Waals surface area contributed by atoms with Gasteiger partial charge in [0.2, 0.25) is 0 Å². The molecule has 1 fully saturated rings. The van der Waals surface area contributed by atoms with Gasteiger partial charge in [-0.15, -0.1) is 11.3 Å². The summed E-state index contributed by atoms with van der Waals surface area (Å²) in [5.41, 5.74) is 6.57. The first-order valence-corrected chi connectivity index (χ1v) is 7.62. The summed E-state index contributed by atoms with van der Waals surface area (Å²) in [6.07, 6.45) is 2.44. The van der Waals surface area contributed by atoms with Crippen molar-refractivity contribution in [1.82, 2.24) is 10.3 Å². The van der Waals surface area contributed by atoms with Crippen LogP contribution < -0.4 is 21.1 Å². The van der Waals surface area contributed by atoms with Gasteiger partial charge in [-0.2, -0.15) is 0 Å². The Kier molecular flexibility index (Phi) is 4.03. The lowest BCUT2D eigenvalue weighted by molar-refractivity contribution is 0.277. The maximum atomic E-state index is 5.78. The van der Waals surface area contributed by atoms with Crippen molar-refractivity contribution in [3.63, 3.8) is 0 Å². The van der Waals surface area contributed by atoms with Gasteiger partial charge in [-0.3, -0.25) is 0 Å². The van der Waals surface area contributed by atoms with E-state index < -0.39 is 0 Å². The lowest BCUT2D eigenvalue weighted by atomic mass is 10.2. The summed E-state index contributed by atoms with van der Waals surface area (Å²) in [5.74, 6) is 1.43. The van der Waals surface area contributed by atoms with E-state index in [0.29, 0.717) is 11.9 Å². The van der Waals surface area contributed by atoms with Gasteiger partial charge in [0.05, 0.1) is 0 Å². The third kappa shape index (κ3) is 3.40. The summed E-state index contributed by atoms with van der Waals surface area (Å²) in [6.45, 7) is 1.84. The number of nitrogens with one attached hydrogen (secondary N) is 2.